The predicted octanol–water partition coefficient (Wildman–Crippen LogP) is 2.80. The number of benzene rings is 1. The molecule has 1 fully saturated rings. The maximum atomic E-state index is 13.9. The second-order valence-corrected chi connectivity index (χ2v) is 10.1. The highest BCUT2D eigenvalue weighted by molar-refractivity contribution is 7.94. The first-order chi connectivity index (χ1) is 17.1. The van der Waals surface area contributed by atoms with Gasteiger partial charge in [-0.2, -0.15) is 23.0 Å². The molecule has 0 spiro atoms. The average molecular weight is 518 g/mol. The lowest BCUT2D eigenvalue weighted by molar-refractivity contribution is -0.121. The van der Waals surface area contributed by atoms with E-state index >= 15 is 0 Å². The van der Waals surface area contributed by atoms with E-state index in [-0.39, 0.29) is 34.9 Å². The Morgan fingerprint density at radius 2 is 1.89 bits per heavy atom. The first kappa shape index (κ1) is 27.0. The minimum absolute atomic E-state index is 0.0261. The molecule has 192 valence electrons. The van der Waals surface area contributed by atoms with Crippen LogP contribution < -0.4 is 18.7 Å². The number of carbonyl (C=O) groups is 2. The van der Waals surface area contributed by atoms with Crippen molar-refractivity contribution < 1.29 is 27.1 Å². The van der Waals surface area contributed by atoms with Crippen LogP contribution in [-0.2, 0) is 15.0 Å². The Kier molecular flexibility index (Phi) is 8.60. The highest BCUT2D eigenvalue weighted by Crippen LogP contribution is 2.33. The van der Waals surface area contributed by atoms with E-state index in [1.807, 2.05) is 13.0 Å². The monoisotopic (exact) mass is 517 g/mol. The molecule has 10 nitrogen and oxygen atoms in total. The molecule has 36 heavy (non-hydrogen) atoms. The fourth-order valence-electron chi connectivity index (χ4n) is 3.91. The van der Waals surface area contributed by atoms with Crippen molar-refractivity contribution in [1.29, 1.82) is 5.26 Å². The van der Waals surface area contributed by atoms with E-state index in [2.05, 4.69) is 10.3 Å². The molecule has 0 bridgehead atoms. The van der Waals surface area contributed by atoms with Crippen LogP contribution >= 0.6 is 0 Å². The number of pyridine rings is 1. The van der Waals surface area contributed by atoms with Crippen LogP contribution in [0.1, 0.15) is 48.5 Å². The molecular formula is C24H28FN5O5S. The van der Waals surface area contributed by atoms with Gasteiger partial charge in [0.05, 0.1) is 23.9 Å². The van der Waals surface area contributed by atoms with Gasteiger partial charge in [-0.1, -0.05) is 6.92 Å². The van der Waals surface area contributed by atoms with E-state index in [1.54, 1.807) is 0 Å². The third kappa shape index (κ3) is 5.47. The molecule has 1 aromatic heterocycles. The number of amides is 1. The summed E-state index contributed by atoms with van der Waals surface area (Å²) < 4.78 is 47.7. The molecular weight excluding hydrogens is 489 g/mol. The van der Waals surface area contributed by atoms with E-state index in [4.69, 9.17) is 4.74 Å². The number of ether oxygens (including phenoxy) is 1. The van der Waals surface area contributed by atoms with Gasteiger partial charge in [-0.3, -0.25) is 13.9 Å². The number of nitriles is 1. The number of aromatic nitrogens is 1. The van der Waals surface area contributed by atoms with Crippen molar-refractivity contribution in [2.45, 2.75) is 32.6 Å². The van der Waals surface area contributed by atoms with Crippen LogP contribution in [0, 0.1) is 23.1 Å². The smallest absolute Gasteiger partial charge is 0.334 e. The average Bonchev–Trinajstić information content (AvgIpc) is 2.88. The molecule has 3 rings (SSSR count). The largest absolute Gasteiger partial charge is 0.480 e. The number of hydrogen-bond donors (Lipinski definition) is 1. The number of hydrogen-bond acceptors (Lipinski definition) is 8. The quantitative estimate of drug-likeness (QED) is 0.502. The fourth-order valence-corrected chi connectivity index (χ4v) is 5.28. The van der Waals surface area contributed by atoms with Crippen LogP contribution in [0.2, 0.25) is 0 Å². The SMILES string of the molecule is CCCC(=O)c1cc(C#N)c(N(C(=O)C2CCNCC2)S(=O)(=O)N(C)c2ccc(F)cc2)nc1OC. The first-order valence-corrected chi connectivity index (χ1v) is 12.9. The number of nitrogens with one attached hydrogen (secondary N) is 1. The molecule has 1 aromatic carbocycles. The summed E-state index contributed by atoms with van der Waals surface area (Å²) in [6.07, 6.45) is 1.49. The highest BCUT2D eigenvalue weighted by Gasteiger charge is 2.40. The van der Waals surface area contributed by atoms with Gasteiger partial charge >= 0.3 is 10.2 Å². The molecule has 0 radical (unpaired) electrons. The third-order valence-corrected chi connectivity index (χ3v) is 7.62. The van der Waals surface area contributed by atoms with E-state index < -0.39 is 33.7 Å². The Hall–Kier alpha value is -3.56. The lowest BCUT2D eigenvalue weighted by atomic mass is 9.97. The number of halogens is 1. The molecule has 1 N–H and O–H groups in total. The van der Waals surface area contributed by atoms with E-state index in [1.165, 1.54) is 32.4 Å². The summed E-state index contributed by atoms with van der Waals surface area (Å²) in [6.45, 7) is 2.85. The fraction of sp³-hybridized carbons (Fsp3) is 0.417. The number of piperidine rings is 1. The summed E-state index contributed by atoms with van der Waals surface area (Å²) in [7, 11) is -2.17. The summed E-state index contributed by atoms with van der Waals surface area (Å²) in [5.74, 6) is -2.94. The minimum Gasteiger partial charge on any atom is -0.480 e. The van der Waals surface area contributed by atoms with Crippen molar-refractivity contribution in [3.63, 3.8) is 0 Å². The van der Waals surface area contributed by atoms with Gasteiger partial charge in [0.15, 0.2) is 11.6 Å². The van der Waals surface area contributed by atoms with E-state index in [0.717, 1.165) is 16.4 Å². The topological polar surface area (TPSA) is 133 Å². The molecule has 0 atom stereocenters. The van der Waals surface area contributed by atoms with Crippen molar-refractivity contribution in [1.82, 2.24) is 10.3 Å². The summed E-state index contributed by atoms with van der Waals surface area (Å²) in [6, 6.07) is 7.77. The predicted molar refractivity (Wildman–Crippen MR) is 132 cm³/mol. The third-order valence-electron chi connectivity index (χ3n) is 5.91. The molecule has 12 heteroatoms. The Balaban J connectivity index is 2.21. The maximum Gasteiger partial charge on any atom is 0.334 e. The number of anilines is 2. The van der Waals surface area contributed by atoms with Gasteiger partial charge in [0.25, 0.3) is 0 Å². The van der Waals surface area contributed by atoms with Crippen molar-refractivity contribution in [2.24, 2.45) is 5.92 Å². The van der Waals surface area contributed by atoms with Gasteiger partial charge in [-0.15, -0.1) is 0 Å². The molecule has 2 heterocycles. The van der Waals surface area contributed by atoms with Crippen molar-refractivity contribution in [3.8, 4) is 11.9 Å². The van der Waals surface area contributed by atoms with Crippen LogP contribution in [-0.4, -0.2) is 52.3 Å². The first-order valence-electron chi connectivity index (χ1n) is 11.5. The molecule has 0 aliphatic carbocycles. The Morgan fingerprint density at radius 1 is 1.25 bits per heavy atom. The minimum atomic E-state index is -4.65. The second-order valence-electron chi connectivity index (χ2n) is 8.28. The number of rotatable bonds is 9. The van der Waals surface area contributed by atoms with Crippen LogP contribution in [0.25, 0.3) is 0 Å². The van der Waals surface area contributed by atoms with Gasteiger partial charge in [0.1, 0.15) is 11.9 Å². The number of ketones is 1. The Morgan fingerprint density at radius 3 is 2.44 bits per heavy atom. The Bertz CT molecular complexity index is 1270. The second kappa shape index (κ2) is 11.5. The molecule has 0 saturated carbocycles. The molecule has 1 aliphatic rings. The van der Waals surface area contributed by atoms with Crippen LogP contribution in [0.3, 0.4) is 0 Å². The normalized spacial score (nSPS) is 14.1. The summed E-state index contributed by atoms with van der Waals surface area (Å²) in [4.78, 5) is 30.5. The Labute approximate surface area is 209 Å². The lowest BCUT2D eigenvalue weighted by Gasteiger charge is -2.32. The number of nitrogens with zero attached hydrogens (tertiary/aromatic N) is 4. The van der Waals surface area contributed by atoms with Crippen LogP contribution in [0.15, 0.2) is 30.3 Å². The zero-order valence-corrected chi connectivity index (χ0v) is 21.1. The molecule has 1 amide bonds. The summed E-state index contributed by atoms with van der Waals surface area (Å²) in [5, 5.41) is 13.0. The van der Waals surface area contributed by atoms with Crippen molar-refractivity contribution in [2.75, 3.05) is 35.9 Å². The molecule has 1 saturated heterocycles. The summed E-state index contributed by atoms with van der Waals surface area (Å²) >= 11 is 0. The van der Waals surface area contributed by atoms with Crippen molar-refractivity contribution in [3.05, 3.63) is 47.3 Å². The van der Waals surface area contributed by atoms with Crippen molar-refractivity contribution >= 4 is 33.4 Å². The maximum absolute atomic E-state index is 13.9. The van der Waals surface area contributed by atoms with Gasteiger partial charge in [-0.25, -0.2) is 4.39 Å². The number of Topliss-reactive ketones (excluding diaryl/α,β-unsaturated/α-hetero) is 1. The van der Waals surface area contributed by atoms with Crippen LogP contribution in [0.4, 0.5) is 15.9 Å². The van der Waals surface area contributed by atoms with E-state index in [9.17, 15) is 27.7 Å². The lowest BCUT2D eigenvalue weighted by Crippen LogP contribution is -2.50. The standard InChI is InChI=1S/C24H28FN5O5S/c1-4-5-21(31)20-14-17(15-26)22(28-23(20)35-3)30(24(32)16-10-12-27-13-11-16)36(33,34)29(2)19-8-6-18(25)7-9-19/h6-9,14,16,27H,4-5,10-13H2,1-3H3. The molecule has 1 aliphatic heterocycles. The van der Waals surface area contributed by atoms with Gasteiger partial charge in [0, 0.05) is 19.4 Å². The molecule has 2 aromatic rings. The van der Waals surface area contributed by atoms with Gasteiger partial charge < -0.3 is 10.1 Å². The van der Waals surface area contributed by atoms with Gasteiger partial charge in [-0.05, 0) is 62.7 Å². The number of methoxy groups -OCH3 is 1. The molecule has 0 unspecified atom stereocenters. The summed E-state index contributed by atoms with van der Waals surface area (Å²) in [5.41, 5.74) is -0.147. The van der Waals surface area contributed by atoms with Gasteiger partial charge in [0.2, 0.25) is 11.8 Å². The zero-order chi connectivity index (χ0) is 26.5. The zero-order valence-electron chi connectivity index (χ0n) is 20.3. The highest BCUT2D eigenvalue weighted by atomic mass is 32.2. The van der Waals surface area contributed by atoms with Crippen LogP contribution in [0.5, 0.6) is 5.88 Å². The van der Waals surface area contributed by atoms with E-state index in [0.29, 0.717) is 36.7 Å². The number of carbonyl (C=O) groups excluding carboxylic acids is 2.